The molecule has 0 unspecified atom stereocenters. The van der Waals surface area contributed by atoms with Crippen LogP contribution in [0.15, 0.2) is 176 Å². The van der Waals surface area contributed by atoms with E-state index in [9.17, 15) is 0 Å². The fourth-order valence-electron chi connectivity index (χ4n) is 6.90. The average Bonchev–Trinajstić information content (AvgIpc) is 3.52. The van der Waals surface area contributed by atoms with Crippen molar-refractivity contribution in [3.8, 4) is 22.3 Å². The Morgan fingerprint density at radius 2 is 1.04 bits per heavy atom. The van der Waals surface area contributed by atoms with Crippen LogP contribution in [0.5, 0.6) is 0 Å². The summed E-state index contributed by atoms with van der Waals surface area (Å²) in [5.41, 5.74) is 8.25. The van der Waals surface area contributed by atoms with Gasteiger partial charge in [-0.05, 0) is 80.7 Å². The molecule has 1 nitrogen and oxygen atoms in total. The van der Waals surface area contributed by atoms with Gasteiger partial charge in [0.05, 0.1) is 5.69 Å². The average molecular weight is 604 g/mol. The number of benzene rings is 8. The fraction of sp³-hybridized carbons (Fsp3) is 0. The second kappa shape index (κ2) is 11.0. The van der Waals surface area contributed by atoms with Gasteiger partial charge in [-0.3, -0.25) is 0 Å². The topological polar surface area (TPSA) is 3.24 Å². The molecule has 9 aromatic rings. The van der Waals surface area contributed by atoms with Crippen molar-refractivity contribution in [3.05, 3.63) is 176 Å². The Hall–Kier alpha value is -5.70. The van der Waals surface area contributed by atoms with Gasteiger partial charge in [0.25, 0.3) is 0 Å². The molecule has 8 aromatic carbocycles. The summed E-state index contributed by atoms with van der Waals surface area (Å²) >= 11 is 1.87. The molecule has 216 valence electrons. The van der Waals surface area contributed by atoms with Crippen molar-refractivity contribution >= 4 is 70.1 Å². The fourth-order valence-corrected chi connectivity index (χ4v) is 8.02. The molecule has 2 heteroatoms. The number of hydrogen-bond acceptors (Lipinski definition) is 2. The second-order valence-corrected chi connectivity index (χ2v) is 12.8. The van der Waals surface area contributed by atoms with Crippen LogP contribution in [-0.2, 0) is 0 Å². The van der Waals surface area contributed by atoms with Gasteiger partial charge < -0.3 is 4.90 Å². The number of fused-ring (bicyclic) bond motifs is 6. The summed E-state index contributed by atoms with van der Waals surface area (Å²) < 4.78 is 2.66. The van der Waals surface area contributed by atoms with Gasteiger partial charge in [-0.2, -0.15) is 0 Å². The largest absolute Gasteiger partial charge is 0.310 e. The van der Waals surface area contributed by atoms with E-state index in [1.54, 1.807) is 0 Å². The molecule has 0 saturated carbocycles. The van der Waals surface area contributed by atoms with Gasteiger partial charge in [-0.1, -0.05) is 133 Å². The van der Waals surface area contributed by atoms with Gasteiger partial charge in [0.2, 0.25) is 0 Å². The molecule has 1 aromatic heterocycles. The maximum atomic E-state index is 2.42. The van der Waals surface area contributed by atoms with E-state index in [0.717, 1.165) is 17.1 Å². The highest BCUT2D eigenvalue weighted by Gasteiger charge is 2.19. The van der Waals surface area contributed by atoms with Crippen LogP contribution in [0.25, 0.3) is 64.0 Å². The van der Waals surface area contributed by atoms with Crippen molar-refractivity contribution in [3.63, 3.8) is 0 Å². The Balaban J connectivity index is 1.27. The molecule has 0 aliphatic heterocycles. The normalized spacial score (nSPS) is 11.5. The zero-order valence-corrected chi connectivity index (χ0v) is 25.9. The predicted octanol–water partition coefficient (Wildman–Crippen LogP) is 13.2. The predicted molar refractivity (Wildman–Crippen MR) is 200 cm³/mol. The molecular formula is C44H29NS. The first-order valence-electron chi connectivity index (χ1n) is 15.7. The van der Waals surface area contributed by atoms with Crippen molar-refractivity contribution < 1.29 is 0 Å². The minimum Gasteiger partial charge on any atom is -0.310 e. The van der Waals surface area contributed by atoms with E-state index in [-0.39, 0.29) is 0 Å². The van der Waals surface area contributed by atoms with Crippen molar-refractivity contribution in [1.82, 2.24) is 0 Å². The monoisotopic (exact) mass is 603 g/mol. The molecule has 0 spiro atoms. The molecule has 9 rings (SSSR count). The molecular weight excluding hydrogens is 575 g/mol. The molecule has 0 aliphatic carbocycles. The Bertz CT molecular complexity index is 2520. The summed E-state index contributed by atoms with van der Waals surface area (Å²) in [4.78, 5) is 2.42. The van der Waals surface area contributed by atoms with Crippen molar-refractivity contribution in [2.45, 2.75) is 0 Å². The van der Waals surface area contributed by atoms with Crippen LogP contribution >= 0.6 is 11.3 Å². The standard InChI is InChI=1S/C44H29NS/c1-2-11-30(12-3-1)31-21-24-34(25-22-31)45(41-19-8-6-16-39(41)38-18-10-14-32-13-4-5-15-36(32)38)35-26-27-37-33(29-35)23-28-43-44(37)40-17-7-9-20-42(40)46-43/h1-29H. The quantitative estimate of drug-likeness (QED) is 0.189. The number of anilines is 3. The lowest BCUT2D eigenvalue weighted by atomic mass is 9.95. The molecule has 46 heavy (non-hydrogen) atoms. The second-order valence-electron chi connectivity index (χ2n) is 11.7. The van der Waals surface area contributed by atoms with E-state index in [1.807, 2.05) is 11.3 Å². The third-order valence-electron chi connectivity index (χ3n) is 9.06. The van der Waals surface area contributed by atoms with Gasteiger partial charge in [-0.25, -0.2) is 0 Å². The minimum atomic E-state index is 1.12. The van der Waals surface area contributed by atoms with Gasteiger partial charge in [-0.15, -0.1) is 11.3 Å². The molecule has 0 bridgehead atoms. The Labute approximate surface area is 272 Å². The first-order chi connectivity index (χ1) is 22.8. The number of rotatable bonds is 5. The van der Waals surface area contributed by atoms with E-state index in [4.69, 9.17) is 0 Å². The van der Waals surface area contributed by atoms with Crippen LogP contribution in [0.1, 0.15) is 0 Å². The summed E-state index contributed by atoms with van der Waals surface area (Å²) in [6.45, 7) is 0. The van der Waals surface area contributed by atoms with E-state index in [1.165, 1.54) is 64.0 Å². The number of para-hydroxylation sites is 1. The molecule has 0 radical (unpaired) electrons. The van der Waals surface area contributed by atoms with E-state index < -0.39 is 0 Å². The summed E-state index contributed by atoms with van der Waals surface area (Å²) in [6.07, 6.45) is 0. The lowest BCUT2D eigenvalue weighted by Crippen LogP contribution is -2.11. The Morgan fingerprint density at radius 3 is 1.93 bits per heavy atom. The van der Waals surface area contributed by atoms with Crippen LogP contribution in [0.2, 0.25) is 0 Å². The van der Waals surface area contributed by atoms with Gasteiger partial charge in [0, 0.05) is 37.1 Å². The summed E-state index contributed by atoms with van der Waals surface area (Å²) in [5, 5.41) is 7.70. The van der Waals surface area contributed by atoms with Crippen molar-refractivity contribution in [1.29, 1.82) is 0 Å². The highest BCUT2D eigenvalue weighted by Crippen LogP contribution is 2.45. The zero-order valence-electron chi connectivity index (χ0n) is 25.1. The first-order valence-corrected chi connectivity index (χ1v) is 16.5. The SMILES string of the molecule is c1ccc(-c2ccc(N(c3ccc4c(ccc5sc6ccccc6c54)c3)c3ccccc3-c3cccc4ccccc34)cc2)cc1. The molecule has 0 atom stereocenters. The molecule has 0 fully saturated rings. The van der Waals surface area contributed by atoms with Crippen LogP contribution in [0.3, 0.4) is 0 Å². The Morgan fingerprint density at radius 1 is 0.370 bits per heavy atom. The smallest absolute Gasteiger partial charge is 0.0540 e. The zero-order chi connectivity index (χ0) is 30.5. The van der Waals surface area contributed by atoms with E-state index in [2.05, 4.69) is 181 Å². The van der Waals surface area contributed by atoms with E-state index in [0.29, 0.717) is 0 Å². The van der Waals surface area contributed by atoms with Gasteiger partial charge in [0.1, 0.15) is 0 Å². The maximum absolute atomic E-state index is 2.42. The van der Waals surface area contributed by atoms with Crippen molar-refractivity contribution in [2.75, 3.05) is 4.90 Å². The van der Waals surface area contributed by atoms with Crippen LogP contribution in [0.4, 0.5) is 17.1 Å². The molecule has 0 amide bonds. The molecule has 1 heterocycles. The van der Waals surface area contributed by atoms with Crippen LogP contribution in [0, 0.1) is 0 Å². The highest BCUT2D eigenvalue weighted by atomic mass is 32.1. The van der Waals surface area contributed by atoms with Crippen molar-refractivity contribution in [2.24, 2.45) is 0 Å². The lowest BCUT2D eigenvalue weighted by molar-refractivity contribution is 1.29. The van der Waals surface area contributed by atoms with Crippen LogP contribution < -0.4 is 4.90 Å². The maximum Gasteiger partial charge on any atom is 0.0540 e. The number of nitrogens with zero attached hydrogens (tertiary/aromatic N) is 1. The summed E-state index contributed by atoms with van der Waals surface area (Å²) in [5.74, 6) is 0. The molecule has 0 aliphatic rings. The summed E-state index contributed by atoms with van der Waals surface area (Å²) in [7, 11) is 0. The molecule has 0 saturated heterocycles. The van der Waals surface area contributed by atoms with Gasteiger partial charge in [0.15, 0.2) is 0 Å². The van der Waals surface area contributed by atoms with Gasteiger partial charge >= 0.3 is 0 Å². The minimum absolute atomic E-state index is 1.12. The third kappa shape index (κ3) is 4.46. The lowest BCUT2D eigenvalue weighted by Gasteiger charge is -2.28. The first kappa shape index (κ1) is 26.7. The number of thiophene rings is 1. The highest BCUT2D eigenvalue weighted by molar-refractivity contribution is 7.26. The number of hydrogen-bond donors (Lipinski definition) is 0. The summed E-state index contributed by atoms with van der Waals surface area (Å²) in [6, 6.07) is 63.9. The Kier molecular flexibility index (Phi) is 6.40. The molecule has 0 N–H and O–H groups in total. The van der Waals surface area contributed by atoms with E-state index >= 15 is 0 Å². The third-order valence-corrected chi connectivity index (χ3v) is 10.2. The van der Waals surface area contributed by atoms with Crippen LogP contribution in [-0.4, -0.2) is 0 Å².